The number of para-hydroxylation sites is 1. The molecule has 2 aliphatic rings. The number of esters is 1. The predicted molar refractivity (Wildman–Crippen MR) is 101 cm³/mol. The number of carbonyl (C=O) groups is 1. The Labute approximate surface area is 152 Å². The summed E-state index contributed by atoms with van der Waals surface area (Å²) in [5.41, 5.74) is 5.08. The van der Waals surface area contributed by atoms with Crippen molar-refractivity contribution >= 4 is 23.1 Å². The van der Waals surface area contributed by atoms with Crippen molar-refractivity contribution in [2.75, 3.05) is 13.7 Å². The first kappa shape index (κ1) is 16.6. The number of fused-ring (bicyclic) bond motifs is 5. The van der Waals surface area contributed by atoms with Gasteiger partial charge in [0.05, 0.1) is 24.6 Å². The summed E-state index contributed by atoms with van der Waals surface area (Å²) in [6, 6.07) is 8.53. The van der Waals surface area contributed by atoms with Crippen LogP contribution in [0.4, 0.5) is 0 Å². The number of nitrogens with zero attached hydrogens (tertiary/aromatic N) is 1. The van der Waals surface area contributed by atoms with Gasteiger partial charge in [-0.25, -0.2) is 9.37 Å². The van der Waals surface area contributed by atoms with E-state index in [1.165, 1.54) is 23.8 Å². The molecule has 0 amide bonds. The summed E-state index contributed by atoms with van der Waals surface area (Å²) in [7, 11) is 1.34. The predicted octanol–water partition coefficient (Wildman–Crippen LogP) is 3.43. The fourth-order valence-corrected chi connectivity index (χ4v) is 4.37. The molecule has 2 N–H and O–H groups in total. The largest absolute Gasteiger partial charge is 0.515 e. The summed E-state index contributed by atoms with van der Waals surface area (Å²) in [4.78, 5) is 15.7. The molecule has 2 aromatic rings. The quantitative estimate of drug-likeness (QED) is 0.377. The molecule has 1 aromatic carbocycles. The zero-order valence-electron chi connectivity index (χ0n) is 15.0. The molecule has 26 heavy (non-hydrogen) atoms. The van der Waals surface area contributed by atoms with Crippen LogP contribution in [-0.2, 0) is 16.0 Å². The van der Waals surface area contributed by atoms with Crippen molar-refractivity contribution in [1.82, 2.24) is 4.98 Å². The number of nitrogens with one attached hydrogen (secondary N) is 1. The van der Waals surface area contributed by atoms with E-state index < -0.39 is 5.97 Å². The number of ether oxygens (including phenoxy) is 1. The molecule has 134 valence electrons. The van der Waals surface area contributed by atoms with E-state index in [2.05, 4.69) is 34.0 Å². The molecular formula is C21H23N2O3+. The molecule has 0 saturated carbocycles. The third-order valence-electron chi connectivity index (χ3n) is 5.65. The molecule has 0 saturated heterocycles. The summed E-state index contributed by atoms with van der Waals surface area (Å²) in [6.07, 6.45) is 6.75. The van der Waals surface area contributed by atoms with E-state index in [-0.39, 0.29) is 12.0 Å². The van der Waals surface area contributed by atoms with Crippen molar-refractivity contribution in [2.24, 2.45) is 5.92 Å². The lowest BCUT2D eigenvalue weighted by atomic mass is 9.80. The normalized spacial score (nSPS) is 24.2. The van der Waals surface area contributed by atoms with Gasteiger partial charge in [0.1, 0.15) is 6.54 Å². The molecule has 0 radical (unpaired) electrons. The maximum absolute atomic E-state index is 12.1. The summed E-state index contributed by atoms with van der Waals surface area (Å²) >= 11 is 0. The third kappa shape index (κ3) is 2.46. The number of aromatic nitrogens is 1. The van der Waals surface area contributed by atoms with E-state index in [4.69, 9.17) is 4.74 Å². The van der Waals surface area contributed by atoms with Crippen LogP contribution in [0.1, 0.15) is 30.6 Å². The summed E-state index contributed by atoms with van der Waals surface area (Å²) in [5, 5.41) is 11.0. The van der Waals surface area contributed by atoms with Gasteiger partial charge in [-0.05, 0) is 18.6 Å². The van der Waals surface area contributed by atoms with E-state index in [1.807, 2.05) is 19.1 Å². The monoisotopic (exact) mass is 351 g/mol. The van der Waals surface area contributed by atoms with Crippen LogP contribution >= 0.6 is 0 Å². The number of H-pyrrole nitrogens is 1. The Hall–Kier alpha value is -2.82. The van der Waals surface area contributed by atoms with Crippen LogP contribution in [0.3, 0.4) is 0 Å². The second-order valence-corrected chi connectivity index (χ2v) is 6.85. The minimum atomic E-state index is -0.480. The van der Waals surface area contributed by atoms with Crippen LogP contribution < -0.4 is 0 Å². The van der Waals surface area contributed by atoms with Crippen LogP contribution in [0.2, 0.25) is 0 Å². The molecule has 0 unspecified atom stereocenters. The Kier molecular flexibility index (Phi) is 4.15. The molecule has 0 fully saturated rings. The van der Waals surface area contributed by atoms with Gasteiger partial charge in [0, 0.05) is 35.2 Å². The molecule has 2 atom stereocenters. The first-order valence-corrected chi connectivity index (χ1v) is 8.96. The van der Waals surface area contributed by atoms with Crippen molar-refractivity contribution < 1.29 is 19.2 Å². The maximum atomic E-state index is 12.1. The molecule has 2 aliphatic heterocycles. The number of methoxy groups -OCH3 is 1. The van der Waals surface area contributed by atoms with E-state index in [9.17, 15) is 9.90 Å². The summed E-state index contributed by atoms with van der Waals surface area (Å²) in [5.74, 6) is -0.664. The minimum Gasteiger partial charge on any atom is -0.515 e. The summed E-state index contributed by atoms with van der Waals surface area (Å²) < 4.78 is 7.22. The maximum Gasteiger partial charge on any atom is 0.337 e. The minimum absolute atomic E-state index is 0.152. The fourth-order valence-electron chi connectivity index (χ4n) is 4.37. The van der Waals surface area contributed by atoms with Crippen LogP contribution in [0, 0.1) is 5.92 Å². The van der Waals surface area contributed by atoms with Crippen LogP contribution in [0.15, 0.2) is 47.7 Å². The van der Waals surface area contributed by atoms with Gasteiger partial charge in [-0.3, -0.25) is 0 Å². The lowest BCUT2D eigenvalue weighted by Crippen LogP contribution is -2.36. The van der Waals surface area contributed by atoms with Gasteiger partial charge in [-0.2, -0.15) is 0 Å². The van der Waals surface area contributed by atoms with Crippen molar-refractivity contribution in [3.05, 3.63) is 59.0 Å². The van der Waals surface area contributed by atoms with Crippen molar-refractivity contribution in [1.29, 1.82) is 0 Å². The molecule has 0 aliphatic carbocycles. The van der Waals surface area contributed by atoms with E-state index >= 15 is 0 Å². The van der Waals surface area contributed by atoms with Gasteiger partial charge in [0.15, 0.2) is 12.3 Å². The van der Waals surface area contributed by atoms with Gasteiger partial charge in [-0.1, -0.05) is 24.3 Å². The number of rotatable bonds is 2. The Balaban J connectivity index is 1.81. The SMILES string of the molecule is C/C=C1/C=[N+]2CCc3c([nH]c4ccccc34)[C@@H]2C[C@@H]1/C(=C/O)C(=O)OC. The van der Waals surface area contributed by atoms with Gasteiger partial charge in [0.25, 0.3) is 0 Å². The smallest absolute Gasteiger partial charge is 0.337 e. The number of hydrogen-bond donors (Lipinski definition) is 2. The van der Waals surface area contributed by atoms with Gasteiger partial charge < -0.3 is 14.8 Å². The highest BCUT2D eigenvalue weighted by atomic mass is 16.5. The van der Waals surface area contributed by atoms with E-state index in [0.29, 0.717) is 5.57 Å². The van der Waals surface area contributed by atoms with Crippen molar-refractivity contribution in [3.8, 4) is 0 Å². The van der Waals surface area contributed by atoms with E-state index in [1.54, 1.807) is 0 Å². The third-order valence-corrected chi connectivity index (χ3v) is 5.65. The molecule has 3 heterocycles. The number of carbonyl (C=O) groups excluding carboxylic acids is 1. The molecule has 0 bridgehead atoms. The van der Waals surface area contributed by atoms with Gasteiger partial charge in [-0.15, -0.1) is 0 Å². The van der Waals surface area contributed by atoms with Crippen molar-refractivity contribution in [3.63, 3.8) is 0 Å². The van der Waals surface area contributed by atoms with Gasteiger partial charge >= 0.3 is 5.97 Å². The molecule has 4 rings (SSSR count). The topological polar surface area (TPSA) is 65.3 Å². The van der Waals surface area contributed by atoms with E-state index in [0.717, 1.165) is 36.7 Å². The fraction of sp³-hybridized carbons (Fsp3) is 0.333. The molecule has 5 nitrogen and oxygen atoms in total. The second kappa shape index (κ2) is 6.48. The number of aliphatic hydroxyl groups excluding tert-OH is 1. The highest BCUT2D eigenvalue weighted by molar-refractivity contribution is 5.92. The Morgan fingerprint density at radius 1 is 1.38 bits per heavy atom. The lowest BCUT2D eigenvalue weighted by Gasteiger charge is -2.30. The number of allylic oxidation sites excluding steroid dienone is 2. The average Bonchev–Trinajstić information content (AvgIpc) is 3.07. The number of benzene rings is 1. The number of hydrogen-bond acceptors (Lipinski definition) is 3. The van der Waals surface area contributed by atoms with Gasteiger partial charge in [0.2, 0.25) is 0 Å². The average molecular weight is 351 g/mol. The van der Waals surface area contributed by atoms with Crippen LogP contribution in [-0.4, -0.2) is 40.5 Å². The molecular weight excluding hydrogens is 328 g/mol. The van der Waals surface area contributed by atoms with Crippen LogP contribution in [0.5, 0.6) is 0 Å². The summed E-state index contributed by atoms with van der Waals surface area (Å²) in [6.45, 7) is 2.91. The number of aliphatic hydroxyl groups is 1. The first-order valence-electron chi connectivity index (χ1n) is 8.96. The van der Waals surface area contributed by atoms with Crippen molar-refractivity contribution in [2.45, 2.75) is 25.8 Å². The number of aromatic amines is 1. The van der Waals surface area contributed by atoms with Crippen LogP contribution in [0.25, 0.3) is 10.9 Å². The molecule has 5 heteroatoms. The Morgan fingerprint density at radius 2 is 2.19 bits per heavy atom. The highest BCUT2D eigenvalue weighted by Crippen LogP contribution is 2.41. The highest BCUT2D eigenvalue weighted by Gasteiger charge is 2.42. The zero-order chi connectivity index (χ0) is 18.3. The molecule has 0 spiro atoms. The lowest BCUT2D eigenvalue weighted by molar-refractivity contribution is -0.577. The standard InChI is InChI=1S/C21H22N2O3/c1-3-13-11-23-9-8-15-14-6-4-5-7-18(14)22-20(15)19(23)10-16(13)17(12-24)21(25)26-2/h3-7,11-12,16,19,22H,8-10H2,1-2H3/p+1/b13-3-/t16-,19-/m0/s1. The molecule has 1 aromatic heterocycles. The Morgan fingerprint density at radius 3 is 2.92 bits per heavy atom. The Bertz CT molecular complexity index is 965. The second-order valence-electron chi connectivity index (χ2n) is 6.85. The first-order chi connectivity index (χ1) is 12.7. The zero-order valence-corrected chi connectivity index (χ0v) is 15.0.